The Balaban J connectivity index is 1.77. The van der Waals surface area contributed by atoms with E-state index in [1.165, 1.54) is 0 Å². The van der Waals surface area contributed by atoms with E-state index in [0.29, 0.717) is 30.3 Å². The van der Waals surface area contributed by atoms with E-state index >= 15 is 0 Å². The van der Waals surface area contributed by atoms with E-state index in [-0.39, 0.29) is 6.10 Å². The summed E-state index contributed by atoms with van der Waals surface area (Å²) in [5, 5.41) is 15.8. The van der Waals surface area contributed by atoms with Gasteiger partial charge in [0.1, 0.15) is 6.33 Å². The zero-order valence-electron chi connectivity index (χ0n) is 11.2. The second-order valence-corrected chi connectivity index (χ2v) is 4.79. The first kappa shape index (κ1) is 12.8. The van der Waals surface area contributed by atoms with Crippen LogP contribution in [0.4, 0.5) is 11.9 Å². The van der Waals surface area contributed by atoms with E-state index in [0.717, 1.165) is 12.8 Å². The highest BCUT2D eigenvalue weighted by atomic mass is 16.3. The van der Waals surface area contributed by atoms with Gasteiger partial charge in [0.2, 0.25) is 17.8 Å². The number of aliphatic hydroxyl groups excluding tert-OH is 1. The normalized spacial score (nSPS) is 15.9. The largest absolute Gasteiger partial charge is 0.391 e. The SMILES string of the molecule is CNc1nc(NCC(O)C2CC2)nc(-n2ccnc2)n1. The van der Waals surface area contributed by atoms with Gasteiger partial charge in [-0.3, -0.25) is 4.57 Å². The lowest BCUT2D eigenvalue weighted by Gasteiger charge is -2.12. The van der Waals surface area contributed by atoms with Gasteiger partial charge in [0.05, 0.1) is 6.10 Å². The number of nitrogens with zero attached hydrogens (tertiary/aromatic N) is 5. The van der Waals surface area contributed by atoms with Gasteiger partial charge in [-0.2, -0.15) is 15.0 Å². The molecule has 0 aliphatic heterocycles. The van der Waals surface area contributed by atoms with Crippen molar-refractivity contribution in [1.82, 2.24) is 24.5 Å². The van der Waals surface area contributed by atoms with Crippen LogP contribution < -0.4 is 10.6 Å². The third-order valence-corrected chi connectivity index (χ3v) is 3.22. The number of rotatable bonds is 6. The first-order valence-corrected chi connectivity index (χ1v) is 6.60. The van der Waals surface area contributed by atoms with Crippen LogP contribution >= 0.6 is 0 Å². The summed E-state index contributed by atoms with van der Waals surface area (Å²) >= 11 is 0. The highest BCUT2D eigenvalue weighted by molar-refractivity contribution is 5.37. The quantitative estimate of drug-likeness (QED) is 0.696. The number of nitrogens with one attached hydrogen (secondary N) is 2. The minimum Gasteiger partial charge on any atom is -0.391 e. The van der Waals surface area contributed by atoms with Crippen LogP contribution in [0.2, 0.25) is 0 Å². The summed E-state index contributed by atoms with van der Waals surface area (Å²) in [5.74, 6) is 1.80. The number of hydrogen-bond donors (Lipinski definition) is 3. The molecule has 0 spiro atoms. The first-order valence-electron chi connectivity index (χ1n) is 6.60. The molecule has 0 radical (unpaired) electrons. The fraction of sp³-hybridized carbons (Fsp3) is 0.500. The molecule has 106 valence electrons. The molecule has 2 heterocycles. The van der Waals surface area contributed by atoms with Crippen molar-refractivity contribution in [3.63, 3.8) is 0 Å². The molecule has 3 rings (SSSR count). The topological polar surface area (TPSA) is 101 Å². The van der Waals surface area contributed by atoms with E-state index in [1.54, 1.807) is 30.3 Å². The van der Waals surface area contributed by atoms with Crippen LogP contribution in [0.25, 0.3) is 5.95 Å². The van der Waals surface area contributed by atoms with Gasteiger partial charge < -0.3 is 15.7 Å². The smallest absolute Gasteiger partial charge is 0.241 e. The van der Waals surface area contributed by atoms with Crippen molar-refractivity contribution >= 4 is 11.9 Å². The molecule has 1 aliphatic rings. The molecule has 0 aromatic carbocycles. The second kappa shape index (κ2) is 5.41. The van der Waals surface area contributed by atoms with Crippen LogP contribution in [0.15, 0.2) is 18.7 Å². The third-order valence-electron chi connectivity index (χ3n) is 3.22. The first-order chi connectivity index (χ1) is 9.76. The molecule has 1 saturated carbocycles. The Labute approximate surface area is 116 Å². The minimum absolute atomic E-state index is 0.346. The average molecular weight is 275 g/mol. The Kier molecular flexibility index (Phi) is 3.46. The second-order valence-electron chi connectivity index (χ2n) is 4.79. The number of aromatic nitrogens is 5. The van der Waals surface area contributed by atoms with Crippen LogP contribution in [-0.4, -0.2) is 49.3 Å². The van der Waals surface area contributed by atoms with Crippen LogP contribution in [-0.2, 0) is 0 Å². The van der Waals surface area contributed by atoms with E-state index in [4.69, 9.17) is 0 Å². The molecule has 1 atom stereocenters. The lowest BCUT2D eigenvalue weighted by Crippen LogP contribution is -2.23. The van der Waals surface area contributed by atoms with Gasteiger partial charge in [-0.15, -0.1) is 0 Å². The summed E-state index contributed by atoms with van der Waals surface area (Å²) < 4.78 is 1.70. The zero-order valence-corrected chi connectivity index (χ0v) is 11.2. The summed E-state index contributed by atoms with van der Waals surface area (Å²) in [6, 6.07) is 0. The standard InChI is InChI=1S/C12H17N7O/c1-13-10-16-11(15-6-9(20)8-2-3-8)18-12(17-10)19-5-4-14-7-19/h4-5,7-9,20H,2-3,6H2,1H3,(H2,13,15,16,17,18). The molecule has 1 unspecified atom stereocenters. The number of aliphatic hydroxyl groups is 1. The Morgan fingerprint density at radius 2 is 2.15 bits per heavy atom. The highest BCUT2D eigenvalue weighted by Gasteiger charge is 2.29. The summed E-state index contributed by atoms with van der Waals surface area (Å²) in [4.78, 5) is 16.8. The van der Waals surface area contributed by atoms with Gasteiger partial charge in [0.15, 0.2) is 0 Å². The molecule has 8 nitrogen and oxygen atoms in total. The molecule has 20 heavy (non-hydrogen) atoms. The van der Waals surface area contributed by atoms with Gasteiger partial charge in [-0.1, -0.05) is 0 Å². The van der Waals surface area contributed by atoms with E-state index in [2.05, 4.69) is 30.6 Å². The van der Waals surface area contributed by atoms with Crippen molar-refractivity contribution in [2.75, 3.05) is 24.2 Å². The third kappa shape index (κ3) is 2.85. The summed E-state index contributed by atoms with van der Waals surface area (Å²) in [5.41, 5.74) is 0. The van der Waals surface area contributed by atoms with Crippen molar-refractivity contribution in [3.8, 4) is 5.95 Å². The molecule has 0 saturated heterocycles. The van der Waals surface area contributed by atoms with Gasteiger partial charge in [0, 0.05) is 26.0 Å². The number of imidazole rings is 1. The average Bonchev–Trinajstić information content (AvgIpc) is 3.19. The lowest BCUT2D eigenvalue weighted by atomic mass is 10.2. The molecular formula is C12H17N7O. The maximum atomic E-state index is 9.87. The molecule has 0 bridgehead atoms. The fourth-order valence-electron chi connectivity index (χ4n) is 1.89. The van der Waals surface area contributed by atoms with Crippen LogP contribution in [0.1, 0.15) is 12.8 Å². The Hall–Kier alpha value is -2.22. The van der Waals surface area contributed by atoms with E-state index in [1.807, 2.05) is 0 Å². The monoisotopic (exact) mass is 275 g/mol. The Morgan fingerprint density at radius 1 is 1.35 bits per heavy atom. The van der Waals surface area contributed by atoms with Gasteiger partial charge in [-0.05, 0) is 18.8 Å². The molecule has 1 aliphatic carbocycles. The molecular weight excluding hydrogens is 258 g/mol. The number of anilines is 2. The summed E-state index contributed by atoms with van der Waals surface area (Å²) in [7, 11) is 1.75. The molecule has 2 aromatic heterocycles. The van der Waals surface area contributed by atoms with E-state index < -0.39 is 0 Å². The van der Waals surface area contributed by atoms with Crippen molar-refractivity contribution in [3.05, 3.63) is 18.7 Å². The zero-order chi connectivity index (χ0) is 13.9. The Bertz CT molecular complexity index is 567. The van der Waals surface area contributed by atoms with Crippen molar-refractivity contribution < 1.29 is 5.11 Å². The fourth-order valence-corrected chi connectivity index (χ4v) is 1.89. The highest BCUT2D eigenvalue weighted by Crippen LogP contribution is 2.32. The van der Waals surface area contributed by atoms with Crippen LogP contribution in [0.3, 0.4) is 0 Å². The van der Waals surface area contributed by atoms with Crippen LogP contribution in [0, 0.1) is 5.92 Å². The van der Waals surface area contributed by atoms with Gasteiger partial charge in [-0.25, -0.2) is 4.98 Å². The maximum Gasteiger partial charge on any atom is 0.241 e. The molecule has 3 N–H and O–H groups in total. The summed E-state index contributed by atoms with van der Waals surface area (Å²) in [6.45, 7) is 0.446. The van der Waals surface area contributed by atoms with Crippen LogP contribution in [0.5, 0.6) is 0 Å². The predicted molar refractivity (Wildman–Crippen MR) is 73.7 cm³/mol. The Morgan fingerprint density at radius 3 is 2.80 bits per heavy atom. The van der Waals surface area contributed by atoms with E-state index in [9.17, 15) is 5.11 Å². The predicted octanol–water partition coefficient (Wildman–Crippen LogP) is 0.282. The van der Waals surface area contributed by atoms with Crippen molar-refractivity contribution in [2.45, 2.75) is 18.9 Å². The molecule has 8 heteroatoms. The lowest BCUT2D eigenvalue weighted by molar-refractivity contribution is 0.164. The number of hydrogen-bond acceptors (Lipinski definition) is 7. The van der Waals surface area contributed by atoms with Crippen molar-refractivity contribution in [1.29, 1.82) is 0 Å². The van der Waals surface area contributed by atoms with Gasteiger partial charge >= 0.3 is 0 Å². The van der Waals surface area contributed by atoms with Gasteiger partial charge in [0.25, 0.3) is 0 Å². The maximum absolute atomic E-state index is 9.87. The minimum atomic E-state index is -0.346. The molecule has 1 fully saturated rings. The summed E-state index contributed by atoms with van der Waals surface area (Å²) in [6.07, 6.45) is 6.90. The molecule has 2 aromatic rings. The van der Waals surface area contributed by atoms with Crippen molar-refractivity contribution in [2.24, 2.45) is 5.92 Å². The molecule has 0 amide bonds.